The van der Waals surface area contributed by atoms with Crippen LogP contribution in [0.1, 0.15) is 110 Å². The summed E-state index contributed by atoms with van der Waals surface area (Å²) in [5, 5.41) is 13.0. The standard InChI is InChI=1S/C46H83FN6O17/c1-38(54)34-66-30-26-63-23-19-50-43(58)36-68-32-28-65-25-21-52-45(60)37-69-33-29-64-24-20-51-44(59)35-67-31-27-62-22-18-49-41(56)17-16-39(46(61)70-47)53-42(57)15-13-11-9-7-5-3-2-4-6-8-10-12-14-40(48)55/h39H,2-37H2,1H3,(H2,48,55)(H,49,56)(H,50,58)(H,51,59)(H,52,60)(H,53,57)/t39-/m0/s1. The number of primary amides is 1. The molecular weight excluding hydrogens is 928 g/mol. The smallest absolute Gasteiger partial charge is 0.370 e. The molecule has 70 heavy (non-hydrogen) atoms. The van der Waals surface area contributed by atoms with Crippen LogP contribution < -0.4 is 32.3 Å². The Morgan fingerprint density at radius 1 is 0.400 bits per heavy atom. The van der Waals surface area contributed by atoms with Gasteiger partial charge in [0.25, 0.3) is 0 Å². The average Bonchev–Trinajstić information content (AvgIpc) is 3.33. The molecule has 0 saturated carbocycles. The molecule has 0 radical (unpaired) electrons. The van der Waals surface area contributed by atoms with Crippen molar-refractivity contribution in [1.82, 2.24) is 26.6 Å². The van der Waals surface area contributed by atoms with Crippen molar-refractivity contribution in [3.63, 3.8) is 0 Å². The fourth-order valence-corrected chi connectivity index (χ4v) is 6.08. The van der Waals surface area contributed by atoms with Crippen molar-refractivity contribution in [1.29, 1.82) is 0 Å². The molecule has 0 fully saturated rings. The van der Waals surface area contributed by atoms with Gasteiger partial charge in [-0.3, -0.25) is 38.5 Å². The fraction of sp³-hybridized carbons (Fsp3) is 0.826. The van der Waals surface area contributed by atoms with Gasteiger partial charge in [0.2, 0.25) is 35.4 Å². The highest BCUT2D eigenvalue weighted by atomic mass is 19.3. The maximum Gasteiger partial charge on any atom is 0.370 e. The quantitative estimate of drug-likeness (QED) is 0.0460. The van der Waals surface area contributed by atoms with E-state index in [-0.39, 0.29) is 154 Å². The van der Waals surface area contributed by atoms with Crippen molar-refractivity contribution in [2.45, 2.75) is 116 Å². The van der Waals surface area contributed by atoms with Gasteiger partial charge in [0.15, 0.2) is 5.78 Å². The number of ketones is 1. The third kappa shape index (κ3) is 48.6. The number of ether oxygens (including phenoxy) is 8. The van der Waals surface area contributed by atoms with Crippen LogP contribution in [0.25, 0.3) is 0 Å². The molecule has 0 unspecified atom stereocenters. The largest absolute Gasteiger partial charge is 0.377 e. The van der Waals surface area contributed by atoms with Crippen molar-refractivity contribution in [2.24, 2.45) is 5.73 Å². The number of Topliss-reactive ketones (excluding diaryl/α,β-unsaturated/α-hetero) is 1. The van der Waals surface area contributed by atoms with Crippen LogP contribution in [0, 0.1) is 0 Å². The summed E-state index contributed by atoms with van der Waals surface area (Å²) in [5.74, 6) is -3.38. The second-order valence-corrected chi connectivity index (χ2v) is 16.0. The molecule has 23 nitrogen and oxygen atoms in total. The first kappa shape index (κ1) is 65.6. The van der Waals surface area contributed by atoms with E-state index in [1.807, 2.05) is 0 Å². The van der Waals surface area contributed by atoms with E-state index in [1.165, 1.54) is 26.2 Å². The summed E-state index contributed by atoms with van der Waals surface area (Å²) in [6.45, 7) is 4.66. The first-order valence-electron chi connectivity index (χ1n) is 24.5. The molecule has 1 atom stereocenters. The zero-order valence-corrected chi connectivity index (χ0v) is 41.4. The molecule has 7 N–H and O–H groups in total. The summed E-state index contributed by atoms with van der Waals surface area (Å²) in [7, 11) is 0. The highest BCUT2D eigenvalue weighted by Crippen LogP contribution is 2.13. The van der Waals surface area contributed by atoms with Crippen LogP contribution in [0.5, 0.6) is 0 Å². The minimum atomic E-state index is -1.29. The van der Waals surface area contributed by atoms with Gasteiger partial charge < -0.3 is 70.2 Å². The molecule has 24 heteroatoms. The normalized spacial score (nSPS) is 11.4. The van der Waals surface area contributed by atoms with E-state index in [4.69, 9.17) is 43.6 Å². The van der Waals surface area contributed by atoms with E-state index in [0.29, 0.717) is 39.2 Å². The number of nitrogens with one attached hydrogen (secondary N) is 5. The van der Waals surface area contributed by atoms with E-state index in [9.17, 15) is 42.9 Å². The molecule has 0 spiro atoms. The van der Waals surface area contributed by atoms with Crippen LogP contribution in [0.15, 0.2) is 0 Å². The molecule has 0 rings (SSSR count). The molecule has 0 aliphatic heterocycles. The van der Waals surface area contributed by atoms with Crippen molar-refractivity contribution in [3.05, 3.63) is 0 Å². The summed E-state index contributed by atoms with van der Waals surface area (Å²) in [4.78, 5) is 96.9. The predicted octanol–water partition coefficient (Wildman–Crippen LogP) is 0.812. The number of hydrogen-bond acceptors (Lipinski definition) is 17. The average molecular weight is 1010 g/mol. The lowest BCUT2D eigenvalue weighted by molar-refractivity contribution is -0.187. The van der Waals surface area contributed by atoms with Gasteiger partial charge in [-0.25, -0.2) is 4.79 Å². The third-order valence-corrected chi connectivity index (χ3v) is 9.70. The second kappa shape index (κ2) is 49.5. The van der Waals surface area contributed by atoms with Gasteiger partial charge in [-0.1, -0.05) is 64.2 Å². The molecule has 0 aliphatic rings. The Balaban J connectivity index is 3.65. The topological polar surface area (TPSA) is 306 Å². The third-order valence-electron chi connectivity index (χ3n) is 9.70. The Labute approximate surface area is 412 Å². The second-order valence-electron chi connectivity index (χ2n) is 16.0. The maximum atomic E-state index is 12.7. The van der Waals surface area contributed by atoms with Crippen LogP contribution in [0.2, 0.25) is 0 Å². The molecule has 406 valence electrons. The molecular formula is C46H83FN6O17. The fourth-order valence-electron chi connectivity index (χ4n) is 6.08. The molecule has 0 saturated heterocycles. The zero-order valence-electron chi connectivity index (χ0n) is 41.4. The van der Waals surface area contributed by atoms with Crippen LogP contribution in [-0.2, 0) is 81.2 Å². The SMILES string of the molecule is CC(=O)COCCOCCNC(=O)COCCOCCNC(=O)COCCOCCNC(=O)COCCOCCNC(=O)CC[C@H](NC(=O)CCCCCCCCCCCCCCC(N)=O)C(=O)OF. The molecule has 0 aromatic carbocycles. The molecule has 0 aromatic rings. The Bertz CT molecular complexity index is 1400. The first-order chi connectivity index (χ1) is 33.9. The van der Waals surface area contributed by atoms with Crippen molar-refractivity contribution >= 4 is 47.2 Å². The lowest BCUT2D eigenvalue weighted by Gasteiger charge is -2.15. The highest BCUT2D eigenvalue weighted by Gasteiger charge is 2.24. The maximum absolute atomic E-state index is 12.7. The van der Waals surface area contributed by atoms with E-state index >= 15 is 0 Å². The van der Waals surface area contributed by atoms with E-state index in [2.05, 4.69) is 31.5 Å². The van der Waals surface area contributed by atoms with E-state index < -0.39 is 23.8 Å². The van der Waals surface area contributed by atoms with Crippen molar-refractivity contribution < 1.29 is 85.7 Å². The summed E-state index contributed by atoms with van der Waals surface area (Å²) < 4.78 is 54.9. The minimum Gasteiger partial charge on any atom is -0.377 e. The molecule has 0 heterocycles. The van der Waals surface area contributed by atoms with Crippen LogP contribution in [0.3, 0.4) is 0 Å². The lowest BCUT2D eigenvalue weighted by atomic mass is 10.0. The van der Waals surface area contributed by atoms with E-state index in [1.54, 1.807) is 0 Å². The number of hydrogen-bond donors (Lipinski definition) is 6. The molecule has 6 amide bonds. The lowest BCUT2D eigenvalue weighted by Crippen LogP contribution is -2.42. The summed E-state index contributed by atoms with van der Waals surface area (Å²) in [5.41, 5.74) is 5.15. The van der Waals surface area contributed by atoms with Crippen LogP contribution >= 0.6 is 0 Å². The molecule has 0 bridgehead atoms. The summed E-state index contributed by atoms with van der Waals surface area (Å²) in [6, 6.07) is -1.29. The van der Waals surface area contributed by atoms with Gasteiger partial charge in [-0.15, -0.1) is 0 Å². The Hall–Kier alpha value is -4.43. The van der Waals surface area contributed by atoms with Gasteiger partial charge >= 0.3 is 5.97 Å². The molecule has 0 aromatic heterocycles. The monoisotopic (exact) mass is 1010 g/mol. The number of nitrogens with two attached hydrogens (primary N) is 1. The first-order valence-corrected chi connectivity index (χ1v) is 24.5. The van der Waals surface area contributed by atoms with Crippen molar-refractivity contribution in [2.75, 3.05) is 132 Å². The summed E-state index contributed by atoms with van der Waals surface area (Å²) in [6.07, 6.45) is 12.7. The van der Waals surface area contributed by atoms with Crippen molar-refractivity contribution in [3.8, 4) is 0 Å². The number of halogens is 1. The Kier molecular flexibility index (Phi) is 46.4. The Morgan fingerprint density at radius 2 is 0.729 bits per heavy atom. The number of amides is 6. The zero-order chi connectivity index (χ0) is 51.6. The van der Waals surface area contributed by atoms with Crippen LogP contribution in [0.4, 0.5) is 4.53 Å². The predicted molar refractivity (Wildman–Crippen MR) is 251 cm³/mol. The van der Waals surface area contributed by atoms with Gasteiger partial charge in [-0.05, 0) is 26.2 Å². The van der Waals surface area contributed by atoms with Gasteiger partial charge in [0.05, 0.1) is 79.3 Å². The number of rotatable bonds is 52. The number of carbonyl (C=O) groups is 8. The van der Waals surface area contributed by atoms with Gasteiger partial charge in [0, 0.05) is 50.0 Å². The number of carbonyl (C=O) groups excluding carboxylic acids is 8. The highest BCUT2D eigenvalue weighted by molar-refractivity contribution is 5.85. The van der Waals surface area contributed by atoms with Gasteiger partial charge in [0.1, 0.15) is 32.5 Å². The molecule has 0 aliphatic carbocycles. The summed E-state index contributed by atoms with van der Waals surface area (Å²) >= 11 is 0. The Morgan fingerprint density at radius 3 is 1.09 bits per heavy atom. The van der Waals surface area contributed by atoms with Gasteiger partial charge in [-0.2, -0.15) is 0 Å². The van der Waals surface area contributed by atoms with E-state index in [0.717, 1.165) is 51.4 Å². The minimum absolute atomic E-state index is 0.0517. The van der Waals surface area contributed by atoms with Crippen LogP contribution in [-0.4, -0.2) is 185 Å². The number of unbranched alkanes of at least 4 members (excludes halogenated alkanes) is 11.